The summed E-state index contributed by atoms with van der Waals surface area (Å²) < 4.78 is 5.30. The highest BCUT2D eigenvalue weighted by atomic mass is 16.6. The first kappa shape index (κ1) is 15.0. The maximum atomic E-state index is 12.2. The Labute approximate surface area is 122 Å². The van der Waals surface area contributed by atoms with E-state index in [9.17, 15) is 14.4 Å². The number of carbonyl (C=O) groups excluding carboxylic acids is 2. The summed E-state index contributed by atoms with van der Waals surface area (Å²) >= 11 is 0. The lowest BCUT2D eigenvalue weighted by molar-refractivity contribution is 0.0575. The Kier molecular flexibility index (Phi) is 3.72. The van der Waals surface area contributed by atoms with E-state index in [1.165, 1.54) is 23.1 Å². The van der Waals surface area contributed by atoms with E-state index in [2.05, 4.69) is 0 Å². The molecule has 0 saturated heterocycles. The van der Waals surface area contributed by atoms with Crippen molar-refractivity contribution < 1.29 is 24.2 Å². The van der Waals surface area contributed by atoms with Crippen LogP contribution in [0, 0.1) is 0 Å². The van der Waals surface area contributed by atoms with Crippen LogP contribution in [0.3, 0.4) is 0 Å². The van der Waals surface area contributed by atoms with E-state index < -0.39 is 17.7 Å². The largest absolute Gasteiger partial charge is 0.478 e. The normalized spacial score (nSPS) is 14.6. The Hall–Kier alpha value is -2.37. The molecule has 0 aromatic heterocycles. The minimum absolute atomic E-state index is 0.0250. The van der Waals surface area contributed by atoms with Crippen molar-refractivity contribution in [3.05, 3.63) is 29.3 Å². The average molecular weight is 291 g/mol. The number of hydrogen-bond acceptors (Lipinski definition) is 4. The molecule has 1 aliphatic heterocycles. The van der Waals surface area contributed by atoms with Gasteiger partial charge in [0, 0.05) is 18.5 Å². The number of carboxylic acid groups (broad SMARTS) is 1. The van der Waals surface area contributed by atoms with Crippen molar-refractivity contribution in [2.75, 3.05) is 11.4 Å². The lowest BCUT2D eigenvalue weighted by Gasteiger charge is -2.31. The van der Waals surface area contributed by atoms with Gasteiger partial charge in [0.05, 0.1) is 11.3 Å². The molecule has 0 spiro atoms. The van der Waals surface area contributed by atoms with Crippen LogP contribution >= 0.6 is 0 Å². The van der Waals surface area contributed by atoms with Crippen LogP contribution in [0.1, 0.15) is 47.9 Å². The second-order valence-electron chi connectivity index (χ2n) is 5.84. The maximum absolute atomic E-state index is 12.2. The Morgan fingerprint density at radius 3 is 2.52 bits per heavy atom. The number of aromatic carboxylic acids is 1. The third-order valence-corrected chi connectivity index (χ3v) is 3.01. The van der Waals surface area contributed by atoms with Crippen molar-refractivity contribution in [1.29, 1.82) is 0 Å². The van der Waals surface area contributed by atoms with E-state index in [1.807, 2.05) is 0 Å². The average Bonchev–Trinajstić information content (AvgIpc) is 2.36. The third kappa shape index (κ3) is 3.21. The molecule has 1 aliphatic rings. The molecular weight excluding hydrogens is 274 g/mol. The van der Waals surface area contributed by atoms with Crippen LogP contribution in [-0.2, 0) is 4.74 Å². The van der Waals surface area contributed by atoms with Gasteiger partial charge >= 0.3 is 12.1 Å². The molecule has 0 atom stereocenters. The van der Waals surface area contributed by atoms with Gasteiger partial charge in [0.1, 0.15) is 5.60 Å². The number of rotatable bonds is 1. The van der Waals surface area contributed by atoms with E-state index in [4.69, 9.17) is 9.84 Å². The van der Waals surface area contributed by atoms with Gasteiger partial charge in [-0.3, -0.25) is 9.69 Å². The number of benzene rings is 1. The molecule has 0 fully saturated rings. The predicted molar refractivity (Wildman–Crippen MR) is 75.9 cm³/mol. The Morgan fingerprint density at radius 2 is 1.95 bits per heavy atom. The van der Waals surface area contributed by atoms with E-state index >= 15 is 0 Å². The van der Waals surface area contributed by atoms with Gasteiger partial charge in [0.25, 0.3) is 0 Å². The molecule has 1 aromatic rings. The molecule has 0 bridgehead atoms. The summed E-state index contributed by atoms with van der Waals surface area (Å²) in [5.74, 6) is -1.22. The van der Waals surface area contributed by atoms with Gasteiger partial charge in [-0.15, -0.1) is 0 Å². The number of amides is 1. The second-order valence-corrected chi connectivity index (χ2v) is 5.84. The first-order valence-electron chi connectivity index (χ1n) is 6.60. The Bertz CT molecular complexity index is 615. The van der Waals surface area contributed by atoms with Crippen molar-refractivity contribution >= 4 is 23.5 Å². The van der Waals surface area contributed by atoms with Crippen molar-refractivity contribution in [3.8, 4) is 0 Å². The summed E-state index contributed by atoms with van der Waals surface area (Å²) in [6.07, 6.45) is -0.391. The zero-order valence-corrected chi connectivity index (χ0v) is 12.2. The molecule has 112 valence electrons. The highest BCUT2D eigenvalue weighted by Gasteiger charge is 2.31. The fraction of sp³-hybridized carbons (Fsp3) is 0.400. The lowest BCUT2D eigenvalue weighted by atomic mass is 9.98. The molecule has 0 radical (unpaired) electrons. The number of anilines is 1. The van der Waals surface area contributed by atoms with Crippen LogP contribution in [0.2, 0.25) is 0 Å². The summed E-state index contributed by atoms with van der Waals surface area (Å²) in [6.45, 7) is 5.42. The highest BCUT2D eigenvalue weighted by molar-refractivity contribution is 6.08. The van der Waals surface area contributed by atoms with Gasteiger partial charge in [-0.25, -0.2) is 9.59 Å². The van der Waals surface area contributed by atoms with Crippen molar-refractivity contribution in [2.45, 2.75) is 32.8 Å². The molecule has 21 heavy (non-hydrogen) atoms. The van der Waals surface area contributed by atoms with Gasteiger partial charge < -0.3 is 9.84 Å². The molecule has 0 unspecified atom stereocenters. The number of ketones is 1. The minimum atomic E-state index is -1.11. The zero-order valence-electron chi connectivity index (χ0n) is 12.2. The van der Waals surface area contributed by atoms with Crippen molar-refractivity contribution in [2.24, 2.45) is 0 Å². The van der Waals surface area contributed by atoms with Gasteiger partial charge in [-0.1, -0.05) is 0 Å². The molecule has 1 aromatic carbocycles. The lowest BCUT2D eigenvalue weighted by Crippen LogP contribution is -2.41. The minimum Gasteiger partial charge on any atom is -0.478 e. The van der Waals surface area contributed by atoms with E-state index in [0.717, 1.165) is 0 Å². The molecule has 0 aliphatic carbocycles. The highest BCUT2D eigenvalue weighted by Crippen LogP contribution is 2.29. The summed E-state index contributed by atoms with van der Waals surface area (Å²) in [7, 11) is 0. The number of nitrogens with zero attached hydrogens (tertiary/aromatic N) is 1. The fourth-order valence-corrected chi connectivity index (χ4v) is 2.10. The molecule has 1 amide bonds. The van der Waals surface area contributed by atoms with Gasteiger partial charge in [0.15, 0.2) is 5.78 Å². The van der Waals surface area contributed by atoms with E-state index in [0.29, 0.717) is 11.3 Å². The molecule has 1 heterocycles. The van der Waals surface area contributed by atoms with Crippen LogP contribution < -0.4 is 4.90 Å². The standard InChI is InChI=1S/C15H17NO5/c1-15(2,3)21-14(20)16-7-6-12(17)10-5-4-9(13(18)19)8-11(10)16/h4-5,8H,6-7H2,1-3H3,(H,18,19). The van der Waals surface area contributed by atoms with E-state index in [1.54, 1.807) is 20.8 Å². The predicted octanol–water partition coefficient (Wildman–Crippen LogP) is 2.71. The number of fused-ring (bicyclic) bond motifs is 1. The number of carboxylic acids is 1. The maximum Gasteiger partial charge on any atom is 0.414 e. The van der Waals surface area contributed by atoms with Crippen LogP contribution in [0.5, 0.6) is 0 Å². The Balaban J connectivity index is 2.42. The molecular formula is C15H17NO5. The number of ether oxygens (including phenoxy) is 1. The van der Waals surface area contributed by atoms with E-state index in [-0.39, 0.29) is 24.3 Å². The second kappa shape index (κ2) is 5.20. The first-order valence-corrected chi connectivity index (χ1v) is 6.60. The van der Waals surface area contributed by atoms with Crippen LogP contribution in [0.25, 0.3) is 0 Å². The van der Waals surface area contributed by atoms with Crippen molar-refractivity contribution in [3.63, 3.8) is 0 Å². The summed E-state index contributed by atoms with van der Waals surface area (Å²) in [5, 5.41) is 9.04. The smallest absolute Gasteiger partial charge is 0.414 e. The molecule has 1 N–H and O–H groups in total. The first-order chi connectivity index (χ1) is 9.69. The monoisotopic (exact) mass is 291 g/mol. The molecule has 6 nitrogen and oxygen atoms in total. The zero-order chi connectivity index (χ0) is 15.8. The van der Waals surface area contributed by atoms with Crippen LogP contribution in [0.4, 0.5) is 10.5 Å². The molecule has 6 heteroatoms. The Morgan fingerprint density at radius 1 is 1.29 bits per heavy atom. The van der Waals surface area contributed by atoms with Crippen LogP contribution in [0.15, 0.2) is 18.2 Å². The van der Waals surface area contributed by atoms with Gasteiger partial charge in [-0.05, 0) is 39.0 Å². The summed E-state index contributed by atoms with van der Waals surface area (Å²) in [6, 6.07) is 4.13. The van der Waals surface area contributed by atoms with Crippen LogP contribution in [-0.4, -0.2) is 35.1 Å². The molecule has 2 rings (SSSR count). The fourth-order valence-electron chi connectivity index (χ4n) is 2.10. The summed E-state index contributed by atoms with van der Waals surface area (Å²) in [5.41, 5.74) is -0.00199. The third-order valence-electron chi connectivity index (χ3n) is 3.01. The SMILES string of the molecule is CC(C)(C)OC(=O)N1CCC(=O)c2ccc(C(=O)O)cc21. The number of Topliss-reactive ketones (excluding diaryl/α,β-unsaturated/α-hetero) is 1. The van der Waals surface area contributed by atoms with Gasteiger partial charge in [0.2, 0.25) is 0 Å². The summed E-state index contributed by atoms with van der Waals surface area (Å²) in [4.78, 5) is 36.5. The topological polar surface area (TPSA) is 83.9 Å². The number of carbonyl (C=O) groups is 3. The quantitative estimate of drug-likeness (QED) is 0.860. The molecule has 0 saturated carbocycles. The van der Waals surface area contributed by atoms with Crippen molar-refractivity contribution in [1.82, 2.24) is 0 Å². The number of hydrogen-bond donors (Lipinski definition) is 1. The van der Waals surface area contributed by atoms with Gasteiger partial charge in [-0.2, -0.15) is 0 Å².